The third kappa shape index (κ3) is 4.32. The highest BCUT2D eigenvalue weighted by Gasteiger charge is 2.34. The maximum atomic E-state index is 12.5. The van der Waals surface area contributed by atoms with Crippen LogP contribution in [0.2, 0.25) is 0 Å². The lowest BCUT2D eigenvalue weighted by Gasteiger charge is -2.27. The van der Waals surface area contributed by atoms with Gasteiger partial charge in [-0.1, -0.05) is 0 Å². The van der Waals surface area contributed by atoms with Gasteiger partial charge in [0.15, 0.2) is 9.84 Å². The number of aryl methyl sites for hydroxylation is 1. The third-order valence-corrected chi connectivity index (χ3v) is 5.51. The second-order valence-corrected chi connectivity index (χ2v) is 7.62. The number of amides is 2. The van der Waals surface area contributed by atoms with Crippen LogP contribution in [0.5, 0.6) is 5.88 Å². The number of methoxy groups -OCH3 is 1. The van der Waals surface area contributed by atoms with Crippen LogP contribution < -0.4 is 10.1 Å². The number of carbonyl (C=O) groups is 1. The Labute approximate surface area is 135 Å². The van der Waals surface area contributed by atoms with E-state index in [0.29, 0.717) is 23.7 Å². The summed E-state index contributed by atoms with van der Waals surface area (Å²) in [5.41, 5.74) is 1.10. The molecule has 1 aromatic heterocycles. The monoisotopic (exact) mass is 343 g/mol. The zero-order valence-corrected chi connectivity index (χ0v) is 14.0. The first-order valence-electron chi connectivity index (χ1n) is 7.27. The first kappa shape index (κ1) is 17.5. The smallest absolute Gasteiger partial charge is 0.322 e. The molecule has 0 bridgehead atoms. The van der Waals surface area contributed by atoms with Crippen molar-refractivity contribution in [2.45, 2.75) is 19.4 Å². The number of carbonyl (C=O) groups excluding carboxylic acids is 1. The van der Waals surface area contributed by atoms with Crippen LogP contribution in [0.1, 0.15) is 12.1 Å². The summed E-state index contributed by atoms with van der Waals surface area (Å²) in [6.45, 7) is 1.58. The minimum Gasteiger partial charge on any atom is -0.481 e. The van der Waals surface area contributed by atoms with Crippen LogP contribution in [0.25, 0.3) is 0 Å². The molecule has 0 aromatic carbocycles. The van der Waals surface area contributed by atoms with Crippen LogP contribution in [0, 0.1) is 6.92 Å². The van der Waals surface area contributed by atoms with Crippen molar-refractivity contribution in [2.24, 2.45) is 0 Å². The minimum atomic E-state index is -3.11. The average molecular weight is 343 g/mol. The molecule has 0 spiro atoms. The fourth-order valence-corrected chi connectivity index (χ4v) is 4.28. The Hall–Kier alpha value is -1.87. The summed E-state index contributed by atoms with van der Waals surface area (Å²) >= 11 is 0. The molecule has 128 valence electrons. The lowest BCUT2D eigenvalue weighted by molar-refractivity contribution is 0.169. The van der Waals surface area contributed by atoms with Gasteiger partial charge in [-0.25, -0.2) is 18.2 Å². The normalized spacial score (nSPS) is 19.3. The summed E-state index contributed by atoms with van der Waals surface area (Å²) in [6.07, 6.45) is 0.385. The molecule has 1 aliphatic heterocycles. The van der Waals surface area contributed by atoms with Gasteiger partial charge in [-0.3, -0.25) is 0 Å². The summed E-state index contributed by atoms with van der Waals surface area (Å²) in [5.74, 6) is 0.436. The Kier molecular flexibility index (Phi) is 5.42. The number of anilines is 1. The van der Waals surface area contributed by atoms with E-state index < -0.39 is 21.9 Å². The predicted molar refractivity (Wildman–Crippen MR) is 85.4 cm³/mol. The number of rotatable bonds is 5. The largest absolute Gasteiger partial charge is 0.481 e. The van der Waals surface area contributed by atoms with Crippen molar-refractivity contribution in [1.82, 2.24) is 9.88 Å². The van der Waals surface area contributed by atoms with Gasteiger partial charge in [0.25, 0.3) is 0 Å². The fraction of sp³-hybridized carbons (Fsp3) is 0.571. The number of aliphatic hydroxyl groups is 1. The molecule has 2 heterocycles. The summed E-state index contributed by atoms with van der Waals surface area (Å²) in [5, 5.41) is 11.9. The van der Waals surface area contributed by atoms with Crippen LogP contribution in [0.4, 0.5) is 10.5 Å². The average Bonchev–Trinajstić information content (AvgIpc) is 2.86. The topological polar surface area (TPSA) is 109 Å². The van der Waals surface area contributed by atoms with Crippen LogP contribution >= 0.6 is 0 Å². The van der Waals surface area contributed by atoms with Crippen molar-refractivity contribution in [3.05, 3.63) is 17.8 Å². The molecule has 1 atom stereocenters. The zero-order chi connectivity index (χ0) is 17.0. The van der Waals surface area contributed by atoms with E-state index in [9.17, 15) is 13.2 Å². The molecule has 1 saturated heterocycles. The van der Waals surface area contributed by atoms with Gasteiger partial charge in [0.1, 0.15) is 0 Å². The number of ether oxygens (including phenoxy) is 1. The molecule has 9 heteroatoms. The molecule has 1 aromatic rings. The highest BCUT2D eigenvalue weighted by molar-refractivity contribution is 7.91. The molecule has 2 amide bonds. The Bertz CT molecular complexity index is 677. The van der Waals surface area contributed by atoms with Crippen LogP contribution in [0.15, 0.2) is 12.1 Å². The molecule has 2 rings (SSSR count). The SMILES string of the molecule is COc1ccc(NC(=O)N(CCO)[C@H]2CCS(=O)(=O)C2)c(C)n1. The molecular formula is C14H21N3O5S. The van der Waals surface area contributed by atoms with Gasteiger partial charge in [0, 0.05) is 18.7 Å². The van der Waals surface area contributed by atoms with Crippen molar-refractivity contribution in [2.75, 3.05) is 37.1 Å². The maximum Gasteiger partial charge on any atom is 0.322 e. The minimum absolute atomic E-state index is 0.0655. The number of pyridine rings is 1. The van der Waals surface area contributed by atoms with Crippen molar-refractivity contribution in [1.29, 1.82) is 0 Å². The molecule has 8 nitrogen and oxygen atoms in total. The van der Waals surface area contributed by atoms with Gasteiger partial charge < -0.3 is 20.1 Å². The second-order valence-electron chi connectivity index (χ2n) is 5.39. The van der Waals surface area contributed by atoms with E-state index in [1.807, 2.05) is 0 Å². The summed E-state index contributed by atoms with van der Waals surface area (Å²) < 4.78 is 28.2. The van der Waals surface area contributed by atoms with E-state index in [1.165, 1.54) is 12.0 Å². The molecule has 0 radical (unpaired) electrons. The maximum absolute atomic E-state index is 12.5. The second kappa shape index (κ2) is 7.14. The first-order valence-corrected chi connectivity index (χ1v) is 9.09. The van der Waals surface area contributed by atoms with E-state index in [0.717, 1.165) is 0 Å². The van der Waals surface area contributed by atoms with E-state index in [4.69, 9.17) is 9.84 Å². The summed E-state index contributed by atoms with van der Waals surface area (Å²) in [6, 6.07) is 2.43. The quantitative estimate of drug-likeness (QED) is 0.802. The Morgan fingerprint density at radius 2 is 2.26 bits per heavy atom. The Balaban J connectivity index is 2.12. The molecule has 2 N–H and O–H groups in total. The molecule has 1 aliphatic rings. The number of nitrogens with zero attached hydrogens (tertiary/aromatic N) is 2. The number of urea groups is 1. The predicted octanol–water partition coefficient (Wildman–Crippen LogP) is 0.412. The highest BCUT2D eigenvalue weighted by atomic mass is 32.2. The van der Waals surface area contributed by atoms with Crippen LogP contribution in [-0.2, 0) is 9.84 Å². The Morgan fingerprint density at radius 3 is 2.78 bits per heavy atom. The standard InChI is InChI=1S/C14H21N3O5S/c1-10-12(3-4-13(15-10)22-2)16-14(19)17(6-7-18)11-5-8-23(20,21)9-11/h3-4,11,18H,5-9H2,1-2H3,(H,16,19)/t11-/m0/s1. The lowest BCUT2D eigenvalue weighted by Crippen LogP contribution is -2.45. The third-order valence-electron chi connectivity index (χ3n) is 3.76. The highest BCUT2D eigenvalue weighted by Crippen LogP contribution is 2.21. The number of hydrogen-bond donors (Lipinski definition) is 2. The van der Waals surface area contributed by atoms with Crippen molar-refractivity contribution >= 4 is 21.6 Å². The van der Waals surface area contributed by atoms with Gasteiger partial charge in [-0.05, 0) is 19.4 Å². The van der Waals surface area contributed by atoms with Crippen molar-refractivity contribution < 1.29 is 23.1 Å². The van der Waals surface area contributed by atoms with Gasteiger partial charge >= 0.3 is 6.03 Å². The molecule has 0 saturated carbocycles. The molecule has 23 heavy (non-hydrogen) atoms. The van der Waals surface area contributed by atoms with Gasteiger partial charge in [-0.2, -0.15) is 0 Å². The fourth-order valence-electron chi connectivity index (χ4n) is 2.55. The van der Waals surface area contributed by atoms with E-state index in [1.54, 1.807) is 19.1 Å². The van der Waals surface area contributed by atoms with Gasteiger partial charge in [0.05, 0.1) is 36.6 Å². The first-order chi connectivity index (χ1) is 10.9. The zero-order valence-electron chi connectivity index (χ0n) is 13.2. The number of hydrogen-bond acceptors (Lipinski definition) is 6. The number of aliphatic hydroxyl groups excluding tert-OH is 1. The molecule has 1 fully saturated rings. The number of sulfone groups is 1. The molecule has 0 aliphatic carbocycles. The number of nitrogens with one attached hydrogen (secondary N) is 1. The van der Waals surface area contributed by atoms with Crippen molar-refractivity contribution in [3.8, 4) is 5.88 Å². The molecule has 0 unspecified atom stereocenters. The van der Waals surface area contributed by atoms with Crippen LogP contribution in [0.3, 0.4) is 0 Å². The summed E-state index contributed by atoms with van der Waals surface area (Å²) in [7, 11) is -1.61. The van der Waals surface area contributed by atoms with Crippen molar-refractivity contribution in [3.63, 3.8) is 0 Å². The molecular weight excluding hydrogens is 322 g/mol. The van der Waals surface area contributed by atoms with E-state index >= 15 is 0 Å². The van der Waals surface area contributed by atoms with E-state index in [-0.39, 0.29) is 24.7 Å². The van der Waals surface area contributed by atoms with E-state index in [2.05, 4.69) is 10.3 Å². The lowest BCUT2D eigenvalue weighted by atomic mass is 10.2. The Morgan fingerprint density at radius 1 is 1.52 bits per heavy atom. The van der Waals surface area contributed by atoms with Gasteiger partial charge in [-0.15, -0.1) is 0 Å². The van der Waals surface area contributed by atoms with Crippen LogP contribution in [-0.4, -0.2) is 67.2 Å². The summed E-state index contributed by atoms with van der Waals surface area (Å²) in [4.78, 5) is 18.0. The van der Waals surface area contributed by atoms with Gasteiger partial charge in [0.2, 0.25) is 5.88 Å². The number of aromatic nitrogens is 1.